The molecule has 0 fully saturated rings. The number of benzene rings is 1. The predicted octanol–water partition coefficient (Wildman–Crippen LogP) is 2.21. The van der Waals surface area contributed by atoms with Crippen LogP contribution in [0.25, 0.3) is 0 Å². The number of ether oxygens (including phenoxy) is 2. The molecule has 0 bridgehead atoms. The van der Waals surface area contributed by atoms with Crippen LogP contribution in [-0.4, -0.2) is 24.4 Å². The third kappa shape index (κ3) is 4.45. The summed E-state index contributed by atoms with van der Waals surface area (Å²) in [5.41, 5.74) is -0.730. The van der Waals surface area contributed by atoms with Crippen LogP contribution in [0.1, 0.15) is 5.56 Å². The van der Waals surface area contributed by atoms with Gasteiger partial charge in [0.2, 0.25) is 5.75 Å². The van der Waals surface area contributed by atoms with Gasteiger partial charge in [-0.15, -0.1) is 13.2 Å². The maximum absolute atomic E-state index is 12.0. The fourth-order valence-electron chi connectivity index (χ4n) is 1.27. The summed E-state index contributed by atoms with van der Waals surface area (Å²) in [4.78, 5) is 20.6. The molecule has 0 aliphatic heterocycles. The van der Waals surface area contributed by atoms with E-state index in [9.17, 15) is 28.1 Å². The average molecular weight is 279 g/mol. The summed E-state index contributed by atoms with van der Waals surface area (Å²) in [6, 6.07) is 2.73. The van der Waals surface area contributed by atoms with E-state index in [1.54, 1.807) is 0 Å². The summed E-state index contributed by atoms with van der Waals surface area (Å²) in [7, 11) is 1.12. The fraction of sp³-hybridized carbons (Fsp3) is 0.300. The van der Waals surface area contributed by atoms with Crippen LogP contribution < -0.4 is 4.74 Å². The molecule has 0 unspecified atom stereocenters. The third-order valence-corrected chi connectivity index (χ3v) is 2.02. The highest BCUT2D eigenvalue weighted by molar-refractivity contribution is 5.73. The van der Waals surface area contributed by atoms with Gasteiger partial charge in [-0.1, -0.05) is 6.07 Å². The predicted molar refractivity (Wildman–Crippen MR) is 55.5 cm³/mol. The number of methoxy groups -OCH3 is 1. The number of nitro benzene ring substituents is 1. The van der Waals surface area contributed by atoms with Crippen molar-refractivity contribution in [1.29, 1.82) is 0 Å². The van der Waals surface area contributed by atoms with Gasteiger partial charge in [-0.25, -0.2) is 0 Å². The SMILES string of the molecule is COC(=O)Cc1ccc(OC(F)(F)F)c([N+](=O)[O-])c1. The lowest BCUT2D eigenvalue weighted by Gasteiger charge is -2.09. The molecule has 0 heterocycles. The molecule has 0 aromatic heterocycles. The van der Waals surface area contributed by atoms with Crippen molar-refractivity contribution in [3.8, 4) is 5.75 Å². The zero-order valence-corrected chi connectivity index (χ0v) is 9.56. The van der Waals surface area contributed by atoms with Crippen molar-refractivity contribution in [3.05, 3.63) is 33.9 Å². The first-order chi connectivity index (χ1) is 8.73. The van der Waals surface area contributed by atoms with Gasteiger partial charge in [0.15, 0.2) is 0 Å². The maximum atomic E-state index is 12.0. The van der Waals surface area contributed by atoms with E-state index < -0.39 is 28.7 Å². The fourth-order valence-corrected chi connectivity index (χ4v) is 1.27. The monoisotopic (exact) mass is 279 g/mol. The second-order valence-corrected chi connectivity index (χ2v) is 3.36. The van der Waals surface area contributed by atoms with E-state index in [1.807, 2.05) is 0 Å². The molecule has 9 heteroatoms. The van der Waals surface area contributed by atoms with Gasteiger partial charge >= 0.3 is 18.0 Å². The van der Waals surface area contributed by atoms with E-state index in [2.05, 4.69) is 9.47 Å². The molecule has 0 atom stereocenters. The van der Waals surface area contributed by atoms with Gasteiger partial charge in [0, 0.05) is 6.07 Å². The van der Waals surface area contributed by atoms with E-state index in [4.69, 9.17) is 0 Å². The topological polar surface area (TPSA) is 78.7 Å². The Kier molecular flexibility index (Phi) is 4.30. The maximum Gasteiger partial charge on any atom is 0.573 e. The van der Waals surface area contributed by atoms with Crippen molar-refractivity contribution in [1.82, 2.24) is 0 Å². The molecule has 0 spiro atoms. The molecule has 0 aliphatic carbocycles. The van der Waals surface area contributed by atoms with E-state index in [0.29, 0.717) is 0 Å². The summed E-state index contributed by atoms with van der Waals surface area (Å²) in [6.07, 6.45) is -5.32. The van der Waals surface area contributed by atoms with Gasteiger partial charge in [0.1, 0.15) is 0 Å². The molecule has 1 aromatic carbocycles. The Morgan fingerprint density at radius 3 is 2.53 bits per heavy atom. The number of carbonyl (C=O) groups is 1. The van der Waals surface area contributed by atoms with Crippen LogP contribution in [0, 0.1) is 10.1 Å². The van der Waals surface area contributed by atoms with Crippen molar-refractivity contribution in [3.63, 3.8) is 0 Å². The first-order valence-corrected chi connectivity index (χ1v) is 4.83. The second kappa shape index (κ2) is 5.55. The van der Waals surface area contributed by atoms with Crippen LogP contribution >= 0.6 is 0 Å². The first kappa shape index (κ1) is 14.7. The summed E-state index contributed by atoms with van der Waals surface area (Å²) in [6.45, 7) is 0. The molecule has 0 N–H and O–H groups in total. The van der Waals surface area contributed by atoms with Crippen molar-refractivity contribution in [2.45, 2.75) is 12.8 Å². The van der Waals surface area contributed by atoms with Crippen LogP contribution in [0.5, 0.6) is 5.75 Å². The molecule has 0 saturated heterocycles. The molecule has 0 amide bonds. The number of hydrogen-bond acceptors (Lipinski definition) is 5. The lowest BCUT2D eigenvalue weighted by atomic mass is 10.1. The minimum absolute atomic E-state index is 0.146. The van der Waals surface area contributed by atoms with Gasteiger partial charge in [0.05, 0.1) is 18.5 Å². The Bertz CT molecular complexity index is 500. The summed E-state index contributed by atoms with van der Waals surface area (Å²) in [5.74, 6) is -1.61. The molecular weight excluding hydrogens is 271 g/mol. The second-order valence-electron chi connectivity index (χ2n) is 3.36. The molecule has 1 aromatic rings. The number of alkyl halides is 3. The third-order valence-electron chi connectivity index (χ3n) is 2.02. The van der Waals surface area contributed by atoms with Gasteiger partial charge in [-0.05, 0) is 11.6 Å². The Morgan fingerprint density at radius 2 is 2.05 bits per heavy atom. The minimum atomic E-state index is -5.03. The van der Waals surface area contributed by atoms with Crippen LogP contribution in [0.3, 0.4) is 0 Å². The molecule has 0 saturated carbocycles. The average Bonchev–Trinajstić information content (AvgIpc) is 2.28. The van der Waals surface area contributed by atoms with Gasteiger partial charge in [0.25, 0.3) is 0 Å². The number of rotatable bonds is 4. The largest absolute Gasteiger partial charge is 0.573 e. The summed E-state index contributed by atoms with van der Waals surface area (Å²) >= 11 is 0. The molecule has 6 nitrogen and oxygen atoms in total. The summed E-state index contributed by atoms with van der Waals surface area (Å²) < 4.78 is 44.0. The van der Waals surface area contributed by atoms with E-state index in [-0.39, 0.29) is 12.0 Å². The van der Waals surface area contributed by atoms with Crippen LogP contribution in [0.2, 0.25) is 0 Å². The highest BCUT2D eigenvalue weighted by Crippen LogP contribution is 2.32. The smallest absolute Gasteiger partial charge is 0.469 e. The lowest BCUT2D eigenvalue weighted by molar-refractivity contribution is -0.388. The first-order valence-electron chi connectivity index (χ1n) is 4.83. The number of esters is 1. The van der Waals surface area contributed by atoms with Crippen molar-refractivity contribution < 1.29 is 32.4 Å². The Hall–Kier alpha value is -2.32. The van der Waals surface area contributed by atoms with E-state index in [0.717, 1.165) is 25.3 Å². The van der Waals surface area contributed by atoms with Gasteiger partial charge in [-0.3, -0.25) is 14.9 Å². The van der Waals surface area contributed by atoms with Crippen LogP contribution in [0.4, 0.5) is 18.9 Å². The molecular formula is C10H8F3NO5. The van der Waals surface area contributed by atoms with Gasteiger partial charge in [-0.2, -0.15) is 0 Å². The number of carbonyl (C=O) groups excluding carboxylic acids is 1. The zero-order chi connectivity index (χ0) is 14.6. The van der Waals surface area contributed by atoms with Crippen molar-refractivity contribution >= 4 is 11.7 Å². The Morgan fingerprint density at radius 1 is 1.42 bits per heavy atom. The molecule has 104 valence electrons. The van der Waals surface area contributed by atoms with Crippen LogP contribution in [0.15, 0.2) is 18.2 Å². The van der Waals surface area contributed by atoms with E-state index >= 15 is 0 Å². The lowest BCUT2D eigenvalue weighted by Crippen LogP contribution is -2.18. The summed E-state index contributed by atoms with van der Waals surface area (Å²) in [5, 5.41) is 10.7. The zero-order valence-electron chi connectivity index (χ0n) is 9.56. The minimum Gasteiger partial charge on any atom is -0.469 e. The Labute approximate surface area is 104 Å². The Balaban J connectivity index is 3.08. The highest BCUT2D eigenvalue weighted by Gasteiger charge is 2.34. The normalized spacial score (nSPS) is 10.9. The molecule has 0 aliphatic rings. The number of halogens is 3. The van der Waals surface area contributed by atoms with Crippen LogP contribution in [-0.2, 0) is 16.0 Å². The van der Waals surface area contributed by atoms with E-state index in [1.165, 1.54) is 0 Å². The number of hydrogen-bond donors (Lipinski definition) is 0. The number of nitro groups is 1. The molecule has 0 radical (unpaired) electrons. The van der Waals surface area contributed by atoms with Crippen molar-refractivity contribution in [2.75, 3.05) is 7.11 Å². The highest BCUT2D eigenvalue weighted by atomic mass is 19.4. The molecule has 1 rings (SSSR count). The number of nitrogens with zero attached hydrogens (tertiary/aromatic N) is 1. The van der Waals surface area contributed by atoms with Gasteiger partial charge < -0.3 is 9.47 Å². The van der Waals surface area contributed by atoms with Crippen molar-refractivity contribution in [2.24, 2.45) is 0 Å². The molecule has 19 heavy (non-hydrogen) atoms. The quantitative estimate of drug-likeness (QED) is 0.479. The standard InChI is InChI=1S/C10H8F3NO5/c1-18-9(15)5-6-2-3-8(19-10(11,12)13)7(4-6)14(16)17/h2-4H,5H2,1H3.